The van der Waals surface area contributed by atoms with Gasteiger partial charge >= 0.3 is 6.36 Å². The molecule has 0 aromatic heterocycles. The molecule has 1 unspecified atom stereocenters. The van der Waals surface area contributed by atoms with Crippen LogP contribution in [0.25, 0.3) is 0 Å². The monoisotopic (exact) mass is 318 g/mol. The van der Waals surface area contributed by atoms with Gasteiger partial charge in [0.15, 0.2) is 0 Å². The molecule has 0 fully saturated rings. The van der Waals surface area contributed by atoms with E-state index in [0.29, 0.717) is 18.5 Å². The van der Waals surface area contributed by atoms with Gasteiger partial charge in [-0.2, -0.15) is 0 Å². The Morgan fingerprint density at radius 2 is 1.73 bits per heavy atom. The summed E-state index contributed by atoms with van der Waals surface area (Å²) >= 11 is 0. The van der Waals surface area contributed by atoms with Crippen LogP contribution in [-0.2, 0) is 6.54 Å². The van der Waals surface area contributed by atoms with Crippen LogP contribution >= 0.6 is 0 Å². The molecule has 22 heavy (non-hydrogen) atoms. The highest BCUT2D eigenvalue weighted by molar-refractivity contribution is 5.27. The zero-order valence-electron chi connectivity index (χ0n) is 13.6. The summed E-state index contributed by atoms with van der Waals surface area (Å²) in [6.07, 6.45) is -3.55. The Bertz CT molecular complexity index is 430. The lowest BCUT2D eigenvalue weighted by molar-refractivity contribution is -0.274. The fourth-order valence-electron chi connectivity index (χ4n) is 2.21. The van der Waals surface area contributed by atoms with Gasteiger partial charge in [-0.1, -0.05) is 26.0 Å². The molecule has 0 saturated heterocycles. The van der Waals surface area contributed by atoms with Crippen molar-refractivity contribution in [1.82, 2.24) is 10.2 Å². The smallest absolute Gasteiger partial charge is 0.406 e. The predicted molar refractivity (Wildman–Crippen MR) is 81.8 cm³/mol. The van der Waals surface area contributed by atoms with Crippen LogP contribution in [-0.4, -0.2) is 37.9 Å². The molecule has 1 rings (SSSR count). The minimum Gasteiger partial charge on any atom is -0.406 e. The Morgan fingerprint density at radius 1 is 1.14 bits per heavy atom. The van der Waals surface area contributed by atoms with Crippen molar-refractivity contribution in [3.63, 3.8) is 0 Å². The highest BCUT2D eigenvalue weighted by Gasteiger charge is 2.30. The van der Waals surface area contributed by atoms with E-state index in [4.69, 9.17) is 0 Å². The number of rotatable bonds is 8. The Kier molecular flexibility index (Phi) is 7.16. The van der Waals surface area contributed by atoms with E-state index in [1.54, 1.807) is 12.1 Å². The molecule has 0 heterocycles. The first-order chi connectivity index (χ1) is 10.2. The van der Waals surface area contributed by atoms with E-state index >= 15 is 0 Å². The number of hydrogen-bond donors (Lipinski definition) is 1. The lowest BCUT2D eigenvalue weighted by atomic mass is 10.0. The maximum absolute atomic E-state index is 12.1. The van der Waals surface area contributed by atoms with E-state index in [0.717, 1.165) is 18.5 Å². The van der Waals surface area contributed by atoms with Gasteiger partial charge in [-0.15, -0.1) is 13.2 Å². The molecular weight excluding hydrogens is 293 g/mol. The molecule has 0 aliphatic carbocycles. The van der Waals surface area contributed by atoms with Crippen LogP contribution in [0.3, 0.4) is 0 Å². The van der Waals surface area contributed by atoms with Crippen molar-refractivity contribution >= 4 is 0 Å². The zero-order chi connectivity index (χ0) is 16.8. The van der Waals surface area contributed by atoms with E-state index in [2.05, 4.69) is 42.9 Å². The molecular formula is C16H25F3N2O. The number of halogens is 3. The fourth-order valence-corrected chi connectivity index (χ4v) is 2.21. The summed E-state index contributed by atoms with van der Waals surface area (Å²) in [4.78, 5) is 2.19. The van der Waals surface area contributed by atoms with Gasteiger partial charge in [0.2, 0.25) is 0 Å². The van der Waals surface area contributed by atoms with Crippen LogP contribution < -0.4 is 10.1 Å². The van der Waals surface area contributed by atoms with Crippen LogP contribution in [0.1, 0.15) is 25.8 Å². The number of nitrogens with zero attached hydrogens (tertiary/aromatic N) is 1. The van der Waals surface area contributed by atoms with Gasteiger partial charge in [-0.3, -0.25) is 0 Å². The van der Waals surface area contributed by atoms with Crippen molar-refractivity contribution in [1.29, 1.82) is 0 Å². The van der Waals surface area contributed by atoms with E-state index in [1.807, 2.05) is 0 Å². The first-order valence-electron chi connectivity index (χ1n) is 7.39. The molecule has 0 radical (unpaired) electrons. The van der Waals surface area contributed by atoms with Crippen molar-refractivity contribution < 1.29 is 17.9 Å². The number of hydrogen-bond acceptors (Lipinski definition) is 3. The largest absolute Gasteiger partial charge is 0.573 e. The second kappa shape index (κ2) is 8.39. The Hall–Kier alpha value is -1.27. The van der Waals surface area contributed by atoms with E-state index in [-0.39, 0.29) is 5.75 Å². The van der Waals surface area contributed by atoms with E-state index in [9.17, 15) is 13.2 Å². The SMILES string of the molecule is CC(C)CC(CNCc1ccc(OC(F)(F)F)cc1)N(C)C. The molecule has 1 N–H and O–H groups in total. The van der Waals surface area contributed by atoms with Crippen molar-refractivity contribution in [3.8, 4) is 5.75 Å². The molecule has 1 aromatic carbocycles. The average molecular weight is 318 g/mol. The van der Waals surface area contributed by atoms with Gasteiger partial charge in [0.1, 0.15) is 5.75 Å². The lowest BCUT2D eigenvalue weighted by Crippen LogP contribution is -2.38. The van der Waals surface area contributed by atoms with Gasteiger partial charge in [0, 0.05) is 19.1 Å². The minimum absolute atomic E-state index is 0.192. The van der Waals surface area contributed by atoms with Crippen molar-refractivity contribution in [3.05, 3.63) is 29.8 Å². The second-order valence-corrected chi connectivity index (χ2v) is 6.07. The average Bonchev–Trinajstić information content (AvgIpc) is 2.37. The Balaban J connectivity index is 2.44. The summed E-state index contributed by atoms with van der Waals surface area (Å²) in [6.45, 7) is 5.84. The third kappa shape index (κ3) is 7.66. The number of likely N-dealkylation sites (N-methyl/N-ethyl adjacent to an activating group) is 1. The maximum Gasteiger partial charge on any atom is 0.573 e. The summed E-state index contributed by atoms with van der Waals surface area (Å²) in [6, 6.07) is 6.39. The van der Waals surface area contributed by atoms with Crippen LogP contribution in [0, 0.1) is 5.92 Å². The highest BCUT2D eigenvalue weighted by Crippen LogP contribution is 2.22. The molecule has 6 heteroatoms. The zero-order valence-corrected chi connectivity index (χ0v) is 13.6. The third-order valence-corrected chi connectivity index (χ3v) is 3.34. The molecule has 1 atom stereocenters. The number of nitrogens with one attached hydrogen (secondary N) is 1. The normalized spacial score (nSPS) is 13.7. The number of benzene rings is 1. The predicted octanol–water partition coefficient (Wildman–Crippen LogP) is 3.65. The highest BCUT2D eigenvalue weighted by atomic mass is 19.4. The molecule has 3 nitrogen and oxygen atoms in total. The molecule has 0 aliphatic heterocycles. The molecule has 126 valence electrons. The van der Waals surface area contributed by atoms with Crippen LogP contribution in [0.15, 0.2) is 24.3 Å². The summed E-state index contributed by atoms with van der Waals surface area (Å²) in [5, 5.41) is 3.35. The Morgan fingerprint density at radius 3 is 2.18 bits per heavy atom. The molecule has 0 aliphatic rings. The summed E-state index contributed by atoms with van der Waals surface area (Å²) < 4.78 is 40.1. The first kappa shape index (κ1) is 18.8. The lowest BCUT2D eigenvalue weighted by Gasteiger charge is -2.26. The first-order valence-corrected chi connectivity index (χ1v) is 7.39. The molecule has 0 bridgehead atoms. The van der Waals surface area contributed by atoms with Gasteiger partial charge in [0.25, 0.3) is 0 Å². The van der Waals surface area contributed by atoms with Crippen molar-refractivity contribution in [2.75, 3.05) is 20.6 Å². The van der Waals surface area contributed by atoms with Gasteiger partial charge in [-0.25, -0.2) is 0 Å². The van der Waals surface area contributed by atoms with Crippen molar-refractivity contribution in [2.45, 2.75) is 39.2 Å². The number of alkyl halides is 3. The molecule has 1 aromatic rings. The third-order valence-electron chi connectivity index (χ3n) is 3.34. The van der Waals surface area contributed by atoms with Gasteiger partial charge in [0.05, 0.1) is 0 Å². The standard InChI is InChI=1S/C16H25F3N2O/c1-12(2)9-14(21(3)4)11-20-10-13-5-7-15(8-6-13)22-16(17,18)19/h5-8,12,14,20H,9-11H2,1-4H3. The minimum atomic E-state index is -4.64. The topological polar surface area (TPSA) is 24.5 Å². The summed E-state index contributed by atoms with van der Waals surface area (Å²) in [5.74, 6) is 0.426. The van der Waals surface area contributed by atoms with Gasteiger partial charge in [-0.05, 0) is 44.1 Å². The molecule has 0 saturated carbocycles. The maximum atomic E-state index is 12.1. The summed E-state index contributed by atoms with van der Waals surface area (Å²) in [5.41, 5.74) is 0.927. The summed E-state index contributed by atoms with van der Waals surface area (Å²) in [7, 11) is 4.11. The van der Waals surface area contributed by atoms with Crippen LogP contribution in [0.2, 0.25) is 0 Å². The van der Waals surface area contributed by atoms with Crippen molar-refractivity contribution in [2.24, 2.45) is 5.92 Å². The number of ether oxygens (including phenoxy) is 1. The van der Waals surface area contributed by atoms with E-state index < -0.39 is 6.36 Å². The van der Waals surface area contributed by atoms with Gasteiger partial charge < -0.3 is 15.0 Å². The van der Waals surface area contributed by atoms with Crippen LogP contribution in [0.5, 0.6) is 5.75 Å². The Labute approximate surface area is 130 Å². The fraction of sp³-hybridized carbons (Fsp3) is 0.625. The molecule has 0 spiro atoms. The van der Waals surface area contributed by atoms with E-state index in [1.165, 1.54) is 12.1 Å². The second-order valence-electron chi connectivity index (χ2n) is 6.07. The molecule has 0 amide bonds. The quantitative estimate of drug-likeness (QED) is 0.792. The van der Waals surface area contributed by atoms with Crippen LogP contribution in [0.4, 0.5) is 13.2 Å².